The van der Waals surface area contributed by atoms with Crippen molar-refractivity contribution in [3.05, 3.63) is 90.0 Å². The summed E-state index contributed by atoms with van der Waals surface area (Å²) in [6.45, 7) is 0. The standard InChI is InChI=1S/C18H14AsCl/c20-18-13-11-17(12-14-18)19(15-7-3-1-4-8-15)16-9-5-2-6-10-16/h1-14H. The van der Waals surface area contributed by atoms with Gasteiger partial charge in [0.15, 0.2) is 0 Å². The fourth-order valence-electron chi connectivity index (χ4n) is 2.19. The van der Waals surface area contributed by atoms with Gasteiger partial charge in [-0.3, -0.25) is 0 Å². The molecule has 0 nitrogen and oxygen atoms in total. The summed E-state index contributed by atoms with van der Waals surface area (Å²) in [5.74, 6) is 0. The van der Waals surface area contributed by atoms with Crippen molar-refractivity contribution < 1.29 is 0 Å². The van der Waals surface area contributed by atoms with E-state index in [0.717, 1.165) is 5.02 Å². The molecule has 0 fully saturated rings. The van der Waals surface area contributed by atoms with E-state index in [-0.39, 0.29) is 0 Å². The Morgan fingerprint density at radius 3 is 1.35 bits per heavy atom. The van der Waals surface area contributed by atoms with Crippen LogP contribution in [0, 0.1) is 0 Å². The van der Waals surface area contributed by atoms with Crippen molar-refractivity contribution in [2.75, 3.05) is 0 Å². The van der Waals surface area contributed by atoms with Gasteiger partial charge in [0, 0.05) is 0 Å². The van der Waals surface area contributed by atoms with Crippen LogP contribution in [0.5, 0.6) is 0 Å². The summed E-state index contributed by atoms with van der Waals surface area (Å²) in [5.41, 5.74) is 0. The fraction of sp³-hybridized carbons (Fsp3) is 0. The molecule has 98 valence electrons. The first-order chi connectivity index (χ1) is 9.84. The zero-order chi connectivity index (χ0) is 13.8. The number of benzene rings is 3. The van der Waals surface area contributed by atoms with Gasteiger partial charge in [-0.25, -0.2) is 0 Å². The molecule has 3 aromatic carbocycles. The Morgan fingerprint density at radius 2 is 0.900 bits per heavy atom. The van der Waals surface area contributed by atoms with Gasteiger partial charge >= 0.3 is 129 Å². The van der Waals surface area contributed by atoms with Crippen LogP contribution < -0.4 is 13.1 Å². The molecule has 0 aliphatic heterocycles. The van der Waals surface area contributed by atoms with Gasteiger partial charge in [0.25, 0.3) is 0 Å². The van der Waals surface area contributed by atoms with E-state index >= 15 is 0 Å². The van der Waals surface area contributed by atoms with Crippen LogP contribution in [0.15, 0.2) is 84.9 Å². The molecular formula is C18H14AsCl. The van der Waals surface area contributed by atoms with Gasteiger partial charge in [-0.05, 0) is 0 Å². The number of hydrogen-bond acceptors (Lipinski definition) is 0. The van der Waals surface area contributed by atoms with Crippen LogP contribution in [-0.2, 0) is 0 Å². The molecule has 0 aromatic heterocycles. The van der Waals surface area contributed by atoms with Gasteiger partial charge in [-0.1, -0.05) is 0 Å². The SMILES string of the molecule is Clc1ccc([As](c2ccccc2)c2ccccc2)cc1. The van der Waals surface area contributed by atoms with Crippen LogP contribution in [0.2, 0.25) is 5.02 Å². The molecule has 0 heterocycles. The van der Waals surface area contributed by atoms with Crippen LogP contribution in [-0.4, -0.2) is 14.7 Å². The van der Waals surface area contributed by atoms with Crippen molar-refractivity contribution in [2.45, 2.75) is 0 Å². The molecule has 0 saturated carbocycles. The molecule has 20 heavy (non-hydrogen) atoms. The van der Waals surface area contributed by atoms with Crippen molar-refractivity contribution >= 4 is 39.3 Å². The first-order valence-electron chi connectivity index (χ1n) is 6.50. The van der Waals surface area contributed by atoms with Crippen LogP contribution in [0.25, 0.3) is 0 Å². The van der Waals surface area contributed by atoms with Crippen LogP contribution in [0.3, 0.4) is 0 Å². The molecule has 0 aliphatic rings. The third-order valence-corrected chi connectivity index (χ3v) is 8.49. The van der Waals surface area contributed by atoms with Crippen LogP contribution in [0.1, 0.15) is 0 Å². The van der Waals surface area contributed by atoms with Crippen molar-refractivity contribution in [3.8, 4) is 0 Å². The molecule has 0 unspecified atom stereocenters. The predicted octanol–water partition coefficient (Wildman–Crippen LogP) is 2.86. The van der Waals surface area contributed by atoms with Crippen molar-refractivity contribution in [1.29, 1.82) is 0 Å². The normalized spacial score (nSPS) is 10.7. The molecule has 0 saturated heterocycles. The van der Waals surface area contributed by atoms with E-state index in [1.807, 2.05) is 12.1 Å². The van der Waals surface area contributed by atoms with Crippen molar-refractivity contribution in [1.82, 2.24) is 0 Å². The molecule has 0 atom stereocenters. The maximum absolute atomic E-state index is 6.02. The summed E-state index contributed by atoms with van der Waals surface area (Å²) >= 11 is 4.55. The van der Waals surface area contributed by atoms with Crippen molar-refractivity contribution in [3.63, 3.8) is 0 Å². The summed E-state index contributed by atoms with van der Waals surface area (Å²) in [6.07, 6.45) is 0. The zero-order valence-corrected chi connectivity index (χ0v) is 13.5. The van der Waals surface area contributed by atoms with Gasteiger partial charge in [-0.2, -0.15) is 0 Å². The first-order valence-corrected chi connectivity index (χ1v) is 9.70. The van der Waals surface area contributed by atoms with Gasteiger partial charge in [-0.15, -0.1) is 0 Å². The Morgan fingerprint density at radius 1 is 0.500 bits per heavy atom. The van der Waals surface area contributed by atoms with E-state index in [1.54, 1.807) is 0 Å². The summed E-state index contributed by atoms with van der Waals surface area (Å²) < 4.78 is 4.28. The van der Waals surface area contributed by atoms with Gasteiger partial charge in [0.05, 0.1) is 0 Å². The minimum absolute atomic E-state index is 0.795. The van der Waals surface area contributed by atoms with Gasteiger partial charge < -0.3 is 0 Å². The average molecular weight is 341 g/mol. The van der Waals surface area contributed by atoms with E-state index in [9.17, 15) is 0 Å². The second-order valence-electron chi connectivity index (χ2n) is 4.48. The quantitative estimate of drug-likeness (QED) is 0.643. The van der Waals surface area contributed by atoms with E-state index in [2.05, 4.69) is 72.8 Å². The third kappa shape index (κ3) is 2.98. The Labute approximate surface area is 129 Å². The molecule has 0 spiro atoms. The molecule has 0 amide bonds. The molecule has 0 radical (unpaired) electrons. The summed E-state index contributed by atoms with van der Waals surface area (Å²) in [7, 11) is 0. The summed E-state index contributed by atoms with van der Waals surface area (Å²) in [5, 5.41) is 0.795. The monoisotopic (exact) mass is 340 g/mol. The second kappa shape index (κ2) is 6.31. The number of hydrogen-bond donors (Lipinski definition) is 0. The number of rotatable bonds is 3. The first kappa shape index (κ1) is 13.5. The van der Waals surface area contributed by atoms with Crippen LogP contribution >= 0.6 is 11.6 Å². The molecule has 0 N–H and O–H groups in total. The van der Waals surface area contributed by atoms with Gasteiger partial charge in [0.1, 0.15) is 0 Å². The summed E-state index contributed by atoms with van der Waals surface area (Å²) in [6, 6.07) is 29.9. The number of halogens is 1. The third-order valence-electron chi connectivity index (χ3n) is 3.11. The van der Waals surface area contributed by atoms with Crippen LogP contribution in [0.4, 0.5) is 0 Å². The van der Waals surface area contributed by atoms with E-state index in [4.69, 9.17) is 11.6 Å². The molecule has 0 bridgehead atoms. The molecule has 2 heteroatoms. The van der Waals surface area contributed by atoms with E-state index in [0.29, 0.717) is 0 Å². The topological polar surface area (TPSA) is 0 Å². The van der Waals surface area contributed by atoms with E-state index < -0.39 is 14.7 Å². The van der Waals surface area contributed by atoms with Gasteiger partial charge in [0.2, 0.25) is 0 Å². The molecule has 0 aliphatic carbocycles. The molecule has 3 rings (SSSR count). The zero-order valence-electron chi connectivity index (χ0n) is 10.9. The molecular weight excluding hydrogens is 327 g/mol. The van der Waals surface area contributed by atoms with E-state index in [1.165, 1.54) is 13.1 Å². The minimum atomic E-state index is -1.47. The Bertz CT molecular complexity index is 623. The Kier molecular flexibility index (Phi) is 4.25. The Hall–Kier alpha value is -1.49. The second-order valence-corrected chi connectivity index (χ2v) is 9.58. The summed E-state index contributed by atoms with van der Waals surface area (Å²) in [4.78, 5) is 0. The van der Waals surface area contributed by atoms with Crippen molar-refractivity contribution in [2.24, 2.45) is 0 Å². The maximum atomic E-state index is 6.02. The fourth-order valence-corrected chi connectivity index (χ4v) is 7.11. The average Bonchev–Trinajstić information content (AvgIpc) is 2.52. The Balaban J connectivity index is 2.11. The molecule has 3 aromatic rings. The predicted molar refractivity (Wildman–Crippen MR) is 89.0 cm³/mol.